The van der Waals surface area contributed by atoms with Crippen LogP contribution in [0.4, 0.5) is 5.69 Å². The number of anilines is 1. The lowest BCUT2D eigenvalue weighted by molar-refractivity contribution is -0.114. The van der Waals surface area contributed by atoms with Gasteiger partial charge in [0.15, 0.2) is 0 Å². The van der Waals surface area contributed by atoms with Crippen LogP contribution in [0.5, 0.6) is 0 Å². The van der Waals surface area contributed by atoms with E-state index in [1.54, 1.807) is 0 Å². The molecular weight excluding hydrogens is 276 g/mol. The number of rotatable bonds is 7. The first kappa shape index (κ1) is 16.2. The van der Waals surface area contributed by atoms with Crippen LogP contribution in [0.2, 0.25) is 0 Å². The Labute approximate surface area is 132 Å². The van der Waals surface area contributed by atoms with Crippen molar-refractivity contribution in [2.45, 2.75) is 26.3 Å². The predicted molar refractivity (Wildman–Crippen MR) is 88.6 cm³/mol. The quantitative estimate of drug-likeness (QED) is 0.854. The molecular formula is C17H24N4O. The number of carbonyl (C=O) groups is 1. The van der Waals surface area contributed by atoms with Crippen LogP contribution >= 0.6 is 0 Å². The SMILES string of the molecule is CC(=O)Nc1ccc(CN(C)CCCc2nccn2C)cc1. The maximum atomic E-state index is 11.0. The van der Waals surface area contributed by atoms with Gasteiger partial charge in [-0.3, -0.25) is 4.79 Å². The third-order valence-corrected chi connectivity index (χ3v) is 3.59. The van der Waals surface area contributed by atoms with Crippen molar-refractivity contribution >= 4 is 11.6 Å². The highest BCUT2D eigenvalue weighted by Gasteiger charge is 2.03. The van der Waals surface area contributed by atoms with E-state index >= 15 is 0 Å². The summed E-state index contributed by atoms with van der Waals surface area (Å²) in [6.07, 6.45) is 5.91. The monoisotopic (exact) mass is 300 g/mol. The fourth-order valence-corrected chi connectivity index (χ4v) is 2.43. The highest BCUT2D eigenvalue weighted by atomic mass is 16.1. The largest absolute Gasteiger partial charge is 0.338 e. The molecule has 0 aliphatic heterocycles. The average Bonchev–Trinajstić information content (AvgIpc) is 2.86. The third-order valence-electron chi connectivity index (χ3n) is 3.59. The number of aromatic nitrogens is 2. The number of nitrogens with one attached hydrogen (secondary N) is 1. The Hall–Kier alpha value is -2.14. The maximum absolute atomic E-state index is 11.0. The smallest absolute Gasteiger partial charge is 0.221 e. The molecule has 1 aromatic heterocycles. The van der Waals surface area contributed by atoms with Crippen LogP contribution in [0.25, 0.3) is 0 Å². The van der Waals surface area contributed by atoms with E-state index in [9.17, 15) is 4.79 Å². The summed E-state index contributed by atoms with van der Waals surface area (Å²) in [4.78, 5) is 17.6. The van der Waals surface area contributed by atoms with Crippen molar-refractivity contribution in [3.63, 3.8) is 0 Å². The molecule has 22 heavy (non-hydrogen) atoms. The van der Waals surface area contributed by atoms with Gasteiger partial charge < -0.3 is 14.8 Å². The fourth-order valence-electron chi connectivity index (χ4n) is 2.43. The Morgan fingerprint density at radius 2 is 2.05 bits per heavy atom. The van der Waals surface area contributed by atoms with Crippen LogP contribution < -0.4 is 5.32 Å². The van der Waals surface area contributed by atoms with Gasteiger partial charge in [0.1, 0.15) is 5.82 Å². The van der Waals surface area contributed by atoms with Crippen molar-refractivity contribution in [1.82, 2.24) is 14.5 Å². The Morgan fingerprint density at radius 1 is 1.32 bits per heavy atom. The van der Waals surface area contributed by atoms with Crippen molar-refractivity contribution in [2.75, 3.05) is 18.9 Å². The minimum Gasteiger partial charge on any atom is -0.338 e. The van der Waals surface area contributed by atoms with Crippen molar-refractivity contribution < 1.29 is 4.79 Å². The Kier molecular flexibility index (Phi) is 5.72. The van der Waals surface area contributed by atoms with Gasteiger partial charge in [-0.15, -0.1) is 0 Å². The molecule has 0 saturated heterocycles. The highest BCUT2D eigenvalue weighted by molar-refractivity contribution is 5.88. The molecule has 1 heterocycles. The van der Waals surface area contributed by atoms with Crippen LogP contribution in [-0.2, 0) is 24.8 Å². The summed E-state index contributed by atoms with van der Waals surface area (Å²) in [6, 6.07) is 8.00. The number of hydrogen-bond donors (Lipinski definition) is 1. The second-order valence-corrected chi connectivity index (χ2v) is 5.67. The number of nitrogens with zero attached hydrogens (tertiary/aromatic N) is 3. The highest BCUT2D eigenvalue weighted by Crippen LogP contribution is 2.11. The molecule has 0 spiro atoms. The summed E-state index contributed by atoms with van der Waals surface area (Å²) in [5.41, 5.74) is 2.09. The molecule has 2 aromatic rings. The molecule has 0 radical (unpaired) electrons. The normalized spacial score (nSPS) is 10.9. The average molecular weight is 300 g/mol. The van der Waals surface area contributed by atoms with Crippen molar-refractivity contribution in [3.8, 4) is 0 Å². The molecule has 1 N–H and O–H groups in total. The van der Waals surface area contributed by atoms with Gasteiger partial charge in [-0.1, -0.05) is 12.1 Å². The van der Waals surface area contributed by atoms with E-state index in [2.05, 4.69) is 38.9 Å². The first-order valence-electron chi connectivity index (χ1n) is 7.56. The number of imidazole rings is 1. The number of benzene rings is 1. The molecule has 5 heteroatoms. The van der Waals surface area contributed by atoms with E-state index in [0.717, 1.165) is 37.4 Å². The molecule has 0 aliphatic rings. The second kappa shape index (κ2) is 7.75. The molecule has 1 amide bonds. The van der Waals surface area contributed by atoms with Gasteiger partial charge in [0.2, 0.25) is 5.91 Å². The van der Waals surface area contributed by atoms with Crippen LogP contribution in [0.15, 0.2) is 36.7 Å². The van der Waals surface area contributed by atoms with Crippen LogP contribution in [0, 0.1) is 0 Å². The minimum atomic E-state index is -0.0425. The van der Waals surface area contributed by atoms with E-state index in [4.69, 9.17) is 0 Å². The van der Waals surface area contributed by atoms with E-state index in [1.807, 2.05) is 31.6 Å². The second-order valence-electron chi connectivity index (χ2n) is 5.67. The lowest BCUT2D eigenvalue weighted by Crippen LogP contribution is -2.20. The zero-order valence-electron chi connectivity index (χ0n) is 13.5. The molecule has 1 aromatic carbocycles. The van der Waals surface area contributed by atoms with Gasteiger partial charge in [0.05, 0.1) is 0 Å². The van der Waals surface area contributed by atoms with Crippen molar-refractivity contribution in [1.29, 1.82) is 0 Å². The third kappa shape index (κ3) is 5.00. The first-order valence-corrected chi connectivity index (χ1v) is 7.56. The van der Waals surface area contributed by atoms with Gasteiger partial charge >= 0.3 is 0 Å². The summed E-state index contributed by atoms with van der Waals surface area (Å²) in [6.45, 7) is 3.45. The topological polar surface area (TPSA) is 50.2 Å². The number of carbonyl (C=O) groups excluding carboxylic acids is 1. The van der Waals surface area contributed by atoms with Gasteiger partial charge in [-0.25, -0.2) is 4.98 Å². The Balaban J connectivity index is 1.75. The maximum Gasteiger partial charge on any atom is 0.221 e. The number of aryl methyl sites for hydroxylation is 2. The standard InChI is InChI=1S/C17H24N4O/c1-14(22)19-16-8-6-15(7-9-16)13-20(2)11-4-5-17-18-10-12-21(17)3/h6-10,12H,4-5,11,13H2,1-3H3,(H,19,22). The molecule has 0 fully saturated rings. The van der Waals surface area contributed by atoms with E-state index in [1.165, 1.54) is 12.5 Å². The van der Waals surface area contributed by atoms with E-state index in [0.29, 0.717) is 0 Å². The van der Waals surface area contributed by atoms with Crippen LogP contribution in [0.3, 0.4) is 0 Å². The minimum absolute atomic E-state index is 0.0425. The number of hydrogen-bond acceptors (Lipinski definition) is 3. The summed E-state index contributed by atoms with van der Waals surface area (Å²) >= 11 is 0. The summed E-state index contributed by atoms with van der Waals surface area (Å²) < 4.78 is 2.07. The number of amides is 1. The predicted octanol–water partition coefficient (Wildman–Crippen LogP) is 2.44. The van der Waals surface area contributed by atoms with Crippen molar-refractivity contribution in [2.24, 2.45) is 7.05 Å². The lowest BCUT2D eigenvalue weighted by Gasteiger charge is -2.16. The molecule has 0 saturated carbocycles. The fraction of sp³-hybridized carbons (Fsp3) is 0.412. The molecule has 5 nitrogen and oxygen atoms in total. The van der Waals surface area contributed by atoms with E-state index < -0.39 is 0 Å². The Morgan fingerprint density at radius 3 is 2.64 bits per heavy atom. The van der Waals surface area contributed by atoms with E-state index in [-0.39, 0.29) is 5.91 Å². The Bertz CT molecular complexity index is 603. The van der Waals surface area contributed by atoms with Crippen molar-refractivity contribution in [3.05, 3.63) is 48.0 Å². The van der Waals surface area contributed by atoms with Gasteiger partial charge in [-0.2, -0.15) is 0 Å². The van der Waals surface area contributed by atoms with Gasteiger partial charge in [0.25, 0.3) is 0 Å². The zero-order chi connectivity index (χ0) is 15.9. The summed E-state index contributed by atoms with van der Waals surface area (Å²) in [5, 5.41) is 2.78. The van der Waals surface area contributed by atoms with Crippen LogP contribution in [-0.4, -0.2) is 34.0 Å². The first-order chi connectivity index (χ1) is 10.5. The molecule has 0 unspecified atom stereocenters. The lowest BCUT2D eigenvalue weighted by atomic mass is 10.2. The molecule has 0 aliphatic carbocycles. The summed E-state index contributed by atoms with van der Waals surface area (Å²) in [5.74, 6) is 1.09. The van der Waals surface area contributed by atoms with Gasteiger partial charge in [0, 0.05) is 45.0 Å². The molecule has 0 bridgehead atoms. The molecule has 2 rings (SSSR count). The zero-order valence-corrected chi connectivity index (χ0v) is 13.5. The van der Waals surface area contributed by atoms with Crippen LogP contribution in [0.1, 0.15) is 24.7 Å². The molecule has 0 atom stereocenters. The molecule has 118 valence electrons. The summed E-state index contributed by atoms with van der Waals surface area (Å²) in [7, 11) is 4.16. The van der Waals surface area contributed by atoms with Gasteiger partial charge in [-0.05, 0) is 37.7 Å².